The molecule has 2 aliphatic carbocycles. The third-order valence-corrected chi connectivity index (χ3v) is 6.91. The highest BCUT2D eigenvalue weighted by Gasteiger charge is 2.37. The zero-order valence-corrected chi connectivity index (χ0v) is 19.0. The van der Waals surface area contributed by atoms with Gasteiger partial charge >= 0.3 is 0 Å². The fourth-order valence-electron chi connectivity index (χ4n) is 5.17. The molecule has 170 valence electrons. The van der Waals surface area contributed by atoms with Gasteiger partial charge < -0.3 is 10.6 Å². The lowest BCUT2D eigenvalue weighted by Crippen LogP contribution is -2.39. The molecular weight excluding hydrogens is 410 g/mol. The summed E-state index contributed by atoms with van der Waals surface area (Å²) in [5, 5.41) is 8.14. The second-order valence-corrected chi connectivity index (χ2v) is 9.14. The third kappa shape index (κ3) is 4.42. The van der Waals surface area contributed by atoms with Gasteiger partial charge in [-0.3, -0.25) is 14.6 Å². The molecule has 0 amide bonds. The van der Waals surface area contributed by atoms with Crippen LogP contribution < -0.4 is 10.6 Å². The van der Waals surface area contributed by atoms with Crippen LogP contribution in [0.2, 0.25) is 0 Å². The van der Waals surface area contributed by atoms with Crippen LogP contribution in [-0.4, -0.2) is 35.7 Å². The number of para-hydroxylation sites is 1. The van der Waals surface area contributed by atoms with E-state index >= 15 is 0 Å². The minimum atomic E-state index is -0.699. The van der Waals surface area contributed by atoms with Crippen LogP contribution in [0.25, 0.3) is 10.9 Å². The summed E-state index contributed by atoms with van der Waals surface area (Å²) in [6, 6.07) is 14.9. The summed E-state index contributed by atoms with van der Waals surface area (Å²) in [6.45, 7) is 1.63. The topological polar surface area (TPSA) is 71.1 Å². The van der Waals surface area contributed by atoms with Crippen LogP contribution in [0, 0.1) is 0 Å². The molecule has 0 fully saturated rings. The van der Waals surface area contributed by atoms with Gasteiger partial charge in [-0.05, 0) is 56.7 Å². The number of anilines is 1. The van der Waals surface area contributed by atoms with Gasteiger partial charge in [-0.15, -0.1) is 0 Å². The van der Waals surface area contributed by atoms with E-state index < -0.39 is 6.04 Å². The Morgan fingerprint density at radius 2 is 1.45 bits per heavy atom. The predicted octanol–water partition coefficient (Wildman–Crippen LogP) is 5.12. The molecule has 33 heavy (non-hydrogen) atoms. The van der Waals surface area contributed by atoms with E-state index in [4.69, 9.17) is 4.98 Å². The third-order valence-electron chi connectivity index (χ3n) is 6.91. The highest BCUT2D eigenvalue weighted by molar-refractivity contribution is 6.29. The second kappa shape index (κ2) is 9.84. The second-order valence-electron chi connectivity index (χ2n) is 9.14. The molecule has 3 aromatic rings. The van der Waals surface area contributed by atoms with E-state index in [0.29, 0.717) is 17.7 Å². The highest BCUT2D eigenvalue weighted by atomic mass is 16.2. The van der Waals surface area contributed by atoms with Gasteiger partial charge in [0.1, 0.15) is 6.04 Å². The van der Waals surface area contributed by atoms with Crippen LogP contribution >= 0.6 is 0 Å². The van der Waals surface area contributed by atoms with Gasteiger partial charge in [0.25, 0.3) is 0 Å². The molecular formula is C28H31N3O2. The van der Waals surface area contributed by atoms with E-state index in [1.165, 1.54) is 35.2 Å². The number of hydrogen-bond acceptors (Lipinski definition) is 5. The number of aromatic nitrogens is 1. The lowest BCUT2D eigenvalue weighted by Gasteiger charge is -2.21. The highest BCUT2D eigenvalue weighted by Crippen LogP contribution is 2.33. The molecule has 0 radical (unpaired) electrons. The van der Waals surface area contributed by atoms with Gasteiger partial charge in [0.2, 0.25) is 0 Å². The van der Waals surface area contributed by atoms with Crippen molar-refractivity contribution in [3.63, 3.8) is 0 Å². The number of benzene rings is 2. The van der Waals surface area contributed by atoms with E-state index in [1.807, 2.05) is 12.1 Å². The number of unbranched alkanes of at least 4 members (excludes halogenated alkanes) is 3. The average Bonchev–Trinajstić information content (AvgIpc) is 3.10. The summed E-state index contributed by atoms with van der Waals surface area (Å²) < 4.78 is 0. The van der Waals surface area contributed by atoms with E-state index in [2.05, 4.69) is 34.9 Å². The molecule has 0 spiro atoms. The van der Waals surface area contributed by atoms with Crippen molar-refractivity contribution >= 4 is 28.2 Å². The zero-order chi connectivity index (χ0) is 22.6. The lowest BCUT2D eigenvalue weighted by molar-refractivity contribution is 0.0868. The van der Waals surface area contributed by atoms with E-state index in [-0.39, 0.29) is 11.6 Å². The number of nitrogens with one attached hydrogen (secondary N) is 2. The maximum Gasteiger partial charge on any atom is 0.188 e. The number of aryl methyl sites for hydroxylation is 1. The van der Waals surface area contributed by atoms with Crippen molar-refractivity contribution < 1.29 is 9.59 Å². The molecule has 5 nitrogen and oxygen atoms in total. The SMILES string of the molecule is O=C1c2ccccc2C(=O)C1NCCCCCCNc1c2c(nc3ccccc13)CCCC2. The molecule has 2 aromatic carbocycles. The molecule has 0 unspecified atom stereocenters. The van der Waals surface area contributed by atoms with Crippen LogP contribution in [0.3, 0.4) is 0 Å². The summed E-state index contributed by atoms with van der Waals surface area (Å²) in [6.07, 6.45) is 8.92. The normalized spacial score (nSPS) is 15.6. The molecule has 5 heteroatoms. The maximum atomic E-state index is 12.4. The van der Waals surface area contributed by atoms with Crippen LogP contribution in [-0.2, 0) is 12.8 Å². The van der Waals surface area contributed by atoms with E-state index in [9.17, 15) is 9.59 Å². The first-order chi connectivity index (χ1) is 16.2. The molecule has 0 aliphatic heterocycles. The summed E-state index contributed by atoms with van der Waals surface area (Å²) in [4.78, 5) is 29.8. The first-order valence-corrected chi connectivity index (χ1v) is 12.3. The first kappa shape index (κ1) is 21.8. The molecule has 1 aromatic heterocycles. The Morgan fingerprint density at radius 3 is 2.24 bits per heavy atom. The number of ketones is 2. The molecule has 0 atom stereocenters. The van der Waals surface area contributed by atoms with Gasteiger partial charge in [-0.25, -0.2) is 0 Å². The minimum Gasteiger partial charge on any atom is -0.384 e. The fraction of sp³-hybridized carbons (Fsp3) is 0.393. The number of carbonyl (C=O) groups is 2. The van der Waals surface area contributed by atoms with Crippen molar-refractivity contribution in [1.29, 1.82) is 0 Å². The summed E-state index contributed by atoms with van der Waals surface area (Å²) >= 11 is 0. The molecule has 5 rings (SSSR count). The standard InChI is InChI=1S/C28H31N3O2/c32-27-19-11-3-4-12-20(19)28(33)26(27)30-18-10-2-1-9-17-29-25-21-13-5-7-15-23(21)31-24-16-8-6-14-22(24)25/h3-5,7,11-13,15,26,30H,1-2,6,8-10,14,16-18H2,(H,29,31). The Morgan fingerprint density at radius 1 is 0.788 bits per heavy atom. The number of pyridine rings is 1. The molecule has 2 aliphatic rings. The zero-order valence-electron chi connectivity index (χ0n) is 19.0. The Bertz CT molecular complexity index is 1150. The first-order valence-electron chi connectivity index (χ1n) is 12.3. The fourth-order valence-corrected chi connectivity index (χ4v) is 5.17. The van der Waals surface area contributed by atoms with Gasteiger partial charge in [0.05, 0.1) is 5.52 Å². The number of carbonyl (C=O) groups excluding carboxylic acids is 2. The number of Topliss-reactive ketones (excluding diaryl/α,β-unsaturated/α-hetero) is 2. The van der Waals surface area contributed by atoms with Crippen molar-refractivity contribution in [2.75, 3.05) is 18.4 Å². The van der Waals surface area contributed by atoms with Crippen LogP contribution in [0.5, 0.6) is 0 Å². The summed E-state index contributed by atoms with van der Waals surface area (Å²) in [5.74, 6) is -0.180. The smallest absolute Gasteiger partial charge is 0.188 e. The molecule has 0 bridgehead atoms. The largest absolute Gasteiger partial charge is 0.384 e. The van der Waals surface area contributed by atoms with Crippen molar-refractivity contribution in [2.24, 2.45) is 0 Å². The van der Waals surface area contributed by atoms with Crippen LogP contribution in [0.15, 0.2) is 48.5 Å². The van der Waals surface area contributed by atoms with E-state index in [1.54, 1.807) is 12.1 Å². The molecule has 1 heterocycles. The van der Waals surface area contributed by atoms with Gasteiger partial charge in [0, 0.05) is 34.4 Å². The Labute approximate surface area is 195 Å². The summed E-state index contributed by atoms with van der Waals surface area (Å²) in [7, 11) is 0. The van der Waals surface area contributed by atoms with Crippen molar-refractivity contribution in [2.45, 2.75) is 57.4 Å². The Kier molecular flexibility index (Phi) is 6.49. The van der Waals surface area contributed by atoms with Gasteiger partial charge in [-0.2, -0.15) is 0 Å². The molecule has 0 saturated carbocycles. The number of nitrogens with zero attached hydrogens (tertiary/aromatic N) is 1. The van der Waals surface area contributed by atoms with Gasteiger partial charge in [-0.1, -0.05) is 55.3 Å². The quantitative estimate of drug-likeness (QED) is 0.356. The lowest BCUT2D eigenvalue weighted by atomic mass is 9.92. The Balaban J connectivity index is 1.07. The van der Waals surface area contributed by atoms with Gasteiger partial charge in [0.15, 0.2) is 11.6 Å². The van der Waals surface area contributed by atoms with Crippen LogP contribution in [0.4, 0.5) is 5.69 Å². The Hall–Kier alpha value is -3.05. The minimum absolute atomic E-state index is 0.0901. The molecule has 0 saturated heterocycles. The number of fused-ring (bicyclic) bond motifs is 3. The van der Waals surface area contributed by atoms with Crippen molar-refractivity contribution in [3.05, 3.63) is 70.9 Å². The monoisotopic (exact) mass is 441 g/mol. The number of rotatable bonds is 9. The van der Waals surface area contributed by atoms with Crippen LogP contribution in [0.1, 0.15) is 70.5 Å². The van der Waals surface area contributed by atoms with E-state index in [0.717, 1.165) is 50.6 Å². The summed E-state index contributed by atoms with van der Waals surface area (Å²) in [5.41, 5.74) is 6.16. The maximum absolute atomic E-state index is 12.4. The van der Waals surface area contributed by atoms with Crippen molar-refractivity contribution in [3.8, 4) is 0 Å². The predicted molar refractivity (Wildman–Crippen MR) is 132 cm³/mol. The number of hydrogen-bond donors (Lipinski definition) is 2. The average molecular weight is 442 g/mol. The molecule has 2 N–H and O–H groups in total. The van der Waals surface area contributed by atoms with Crippen molar-refractivity contribution in [1.82, 2.24) is 10.3 Å².